The van der Waals surface area contributed by atoms with Gasteiger partial charge in [-0.1, -0.05) is 20.3 Å². The number of thiol groups is 1. The van der Waals surface area contributed by atoms with Crippen LogP contribution in [0.5, 0.6) is 0 Å². The molecular formula is C19H33N5O8S. The number of primary amides is 1. The molecule has 188 valence electrons. The Hall–Kier alpha value is -2.87. The topological polar surface area (TPSA) is 231 Å². The molecule has 0 radical (unpaired) electrons. The van der Waals surface area contributed by atoms with Crippen molar-refractivity contribution < 1.29 is 39.0 Å². The van der Waals surface area contributed by atoms with Crippen molar-refractivity contribution in [1.82, 2.24) is 16.0 Å². The number of aliphatic carboxylic acids is 2. The van der Waals surface area contributed by atoms with Gasteiger partial charge in [-0.25, -0.2) is 4.79 Å². The Morgan fingerprint density at radius 3 is 1.91 bits per heavy atom. The molecule has 5 atom stereocenters. The maximum absolute atomic E-state index is 12.8. The summed E-state index contributed by atoms with van der Waals surface area (Å²) in [6.45, 7) is 3.47. The molecule has 0 aliphatic heterocycles. The van der Waals surface area contributed by atoms with Gasteiger partial charge < -0.3 is 37.6 Å². The van der Waals surface area contributed by atoms with Crippen LogP contribution in [0.15, 0.2) is 0 Å². The van der Waals surface area contributed by atoms with Crippen LogP contribution in [0, 0.1) is 5.92 Å². The van der Waals surface area contributed by atoms with Crippen LogP contribution in [0.4, 0.5) is 0 Å². The lowest BCUT2D eigenvalue weighted by atomic mass is 9.97. The highest BCUT2D eigenvalue weighted by Crippen LogP contribution is 2.10. The maximum atomic E-state index is 12.8. The largest absolute Gasteiger partial charge is 0.481 e. The molecule has 0 aromatic carbocycles. The van der Waals surface area contributed by atoms with Crippen molar-refractivity contribution in [3.8, 4) is 0 Å². The number of nitrogens with one attached hydrogen (secondary N) is 3. The zero-order valence-corrected chi connectivity index (χ0v) is 19.5. The van der Waals surface area contributed by atoms with Crippen molar-refractivity contribution in [2.24, 2.45) is 17.4 Å². The van der Waals surface area contributed by atoms with E-state index in [1.54, 1.807) is 13.8 Å². The molecule has 9 N–H and O–H groups in total. The SMILES string of the molecule is CCC(C)C(NC(=O)C(N)CCC(=O)O)C(=O)NC(CS)C(=O)NC(CCC(N)=O)C(=O)O. The van der Waals surface area contributed by atoms with Gasteiger partial charge in [-0.15, -0.1) is 0 Å². The number of nitrogens with two attached hydrogens (primary N) is 2. The van der Waals surface area contributed by atoms with Gasteiger partial charge in [0.1, 0.15) is 18.1 Å². The van der Waals surface area contributed by atoms with Crippen molar-refractivity contribution in [2.45, 2.75) is 70.1 Å². The van der Waals surface area contributed by atoms with Crippen LogP contribution in [0.3, 0.4) is 0 Å². The first-order chi connectivity index (χ1) is 15.3. The van der Waals surface area contributed by atoms with Crippen LogP contribution in [-0.2, 0) is 28.8 Å². The summed E-state index contributed by atoms with van der Waals surface area (Å²) in [6.07, 6.45) is -0.464. The average molecular weight is 492 g/mol. The molecule has 0 bridgehead atoms. The highest BCUT2D eigenvalue weighted by molar-refractivity contribution is 7.80. The second kappa shape index (κ2) is 15.1. The molecule has 5 unspecified atom stereocenters. The van der Waals surface area contributed by atoms with Crippen LogP contribution in [0.2, 0.25) is 0 Å². The lowest BCUT2D eigenvalue weighted by Gasteiger charge is -2.27. The summed E-state index contributed by atoms with van der Waals surface area (Å²) in [5.41, 5.74) is 10.7. The van der Waals surface area contributed by atoms with Crippen LogP contribution in [0.25, 0.3) is 0 Å². The Bertz CT molecular complexity index is 735. The third-order valence-electron chi connectivity index (χ3n) is 4.91. The van der Waals surface area contributed by atoms with E-state index in [4.69, 9.17) is 16.6 Å². The molecule has 0 fully saturated rings. The Kier molecular flexibility index (Phi) is 13.7. The summed E-state index contributed by atoms with van der Waals surface area (Å²) >= 11 is 4.02. The standard InChI is InChI=1S/C19H33N5O8S/c1-3-9(2)15(24-16(28)10(20)4-7-14(26)27)18(30)23-12(8-33)17(29)22-11(19(31)32)5-6-13(21)25/h9-12,15,33H,3-8,20H2,1-2H3,(H2,21,25)(H,22,29)(H,23,30)(H,24,28)(H,26,27)(H,31,32). The molecule has 0 heterocycles. The predicted octanol–water partition coefficient (Wildman–Crippen LogP) is -2.04. The first-order valence-electron chi connectivity index (χ1n) is 10.3. The number of rotatable bonds is 16. The Balaban J connectivity index is 5.27. The van der Waals surface area contributed by atoms with Crippen molar-refractivity contribution in [3.05, 3.63) is 0 Å². The summed E-state index contributed by atoms with van der Waals surface area (Å²) in [4.78, 5) is 70.5. The zero-order valence-electron chi connectivity index (χ0n) is 18.6. The number of amides is 4. The molecular weight excluding hydrogens is 458 g/mol. The lowest BCUT2D eigenvalue weighted by molar-refractivity contribution is -0.142. The molecule has 0 saturated carbocycles. The van der Waals surface area contributed by atoms with Crippen molar-refractivity contribution >= 4 is 48.2 Å². The van der Waals surface area contributed by atoms with Crippen molar-refractivity contribution in [3.63, 3.8) is 0 Å². The van der Waals surface area contributed by atoms with Crippen LogP contribution in [-0.4, -0.2) is 75.7 Å². The van der Waals surface area contributed by atoms with Gasteiger partial charge in [0.05, 0.1) is 6.04 Å². The number of hydrogen-bond acceptors (Lipinski definition) is 8. The summed E-state index contributed by atoms with van der Waals surface area (Å²) in [6, 6.07) is -4.87. The van der Waals surface area contributed by atoms with E-state index in [1.807, 2.05) is 0 Å². The fourth-order valence-corrected chi connectivity index (χ4v) is 2.90. The van der Waals surface area contributed by atoms with Gasteiger partial charge in [0.25, 0.3) is 0 Å². The van der Waals surface area contributed by atoms with Gasteiger partial charge >= 0.3 is 11.9 Å². The van der Waals surface area contributed by atoms with Crippen LogP contribution >= 0.6 is 12.6 Å². The zero-order chi connectivity index (χ0) is 25.7. The van der Waals surface area contributed by atoms with E-state index in [-0.39, 0.29) is 37.4 Å². The van der Waals surface area contributed by atoms with Crippen molar-refractivity contribution in [1.29, 1.82) is 0 Å². The van der Waals surface area contributed by atoms with E-state index >= 15 is 0 Å². The molecule has 0 aliphatic carbocycles. The van der Waals surface area contributed by atoms with E-state index in [1.165, 1.54) is 0 Å². The van der Waals surface area contributed by atoms with E-state index in [0.29, 0.717) is 6.42 Å². The minimum Gasteiger partial charge on any atom is -0.481 e. The van der Waals surface area contributed by atoms with Gasteiger partial charge in [-0.05, 0) is 18.8 Å². The smallest absolute Gasteiger partial charge is 0.326 e. The molecule has 4 amide bonds. The minimum atomic E-state index is -1.40. The normalized spacial score (nSPS) is 15.3. The molecule has 0 spiro atoms. The summed E-state index contributed by atoms with van der Waals surface area (Å²) < 4.78 is 0. The van der Waals surface area contributed by atoms with Gasteiger partial charge in [0.15, 0.2) is 0 Å². The number of carboxylic acids is 2. The average Bonchev–Trinajstić information content (AvgIpc) is 2.75. The highest BCUT2D eigenvalue weighted by Gasteiger charge is 2.32. The fourth-order valence-electron chi connectivity index (χ4n) is 2.64. The number of carbonyl (C=O) groups is 6. The molecule has 0 aliphatic rings. The molecule has 0 saturated heterocycles. The van der Waals surface area contributed by atoms with E-state index in [0.717, 1.165) is 0 Å². The maximum Gasteiger partial charge on any atom is 0.326 e. The van der Waals surface area contributed by atoms with E-state index in [2.05, 4.69) is 28.6 Å². The Morgan fingerprint density at radius 1 is 0.879 bits per heavy atom. The molecule has 13 nitrogen and oxygen atoms in total. The van der Waals surface area contributed by atoms with Crippen molar-refractivity contribution in [2.75, 3.05) is 5.75 Å². The fraction of sp³-hybridized carbons (Fsp3) is 0.684. The first-order valence-corrected chi connectivity index (χ1v) is 11.0. The summed E-state index contributed by atoms with van der Waals surface area (Å²) in [5.74, 6) is -6.07. The number of carboxylic acid groups (broad SMARTS) is 2. The second-order valence-corrected chi connectivity index (χ2v) is 7.92. The number of carbonyl (C=O) groups excluding carboxylic acids is 4. The Morgan fingerprint density at radius 2 is 1.45 bits per heavy atom. The molecule has 33 heavy (non-hydrogen) atoms. The molecule has 14 heteroatoms. The molecule has 0 aromatic rings. The minimum absolute atomic E-state index is 0.125. The third-order valence-corrected chi connectivity index (χ3v) is 5.27. The second-order valence-electron chi connectivity index (χ2n) is 7.56. The van der Waals surface area contributed by atoms with Gasteiger partial charge in [-0.2, -0.15) is 12.6 Å². The predicted molar refractivity (Wildman–Crippen MR) is 120 cm³/mol. The number of hydrogen-bond donors (Lipinski definition) is 8. The monoisotopic (exact) mass is 491 g/mol. The first kappa shape index (κ1) is 30.1. The molecule has 0 aromatic heterocycles. The van der Waals surface area contributed by atoms with Crippen LogP contribution in [0.1, 0.15) is 46.0 Å². The summed E-state index contributed by atoms with van der Waals surface area (Å²) in [5, 5.41) is 25.1. The Labute approximate surface area is 196 Å². The van der Waals surface area contributed by atoms with Gasteiger partial charge in [-0.3, -0.25) is 24.0 Å². The van der Waals surface area contributed by atoms with Crippen LogP contribution < -0.4 is 27.4 Å². The van der Waals surface area contributed by atoms with E-state index < -0.39 is 59.7 Å². The summed E-state index contributed by atoms with van der Waals surface area (Å²) in [7, 11) is 0. The van der Waals surface area contributed by atoms with Gasteiger partial charge in [0, 0.05) is 18.6 Å². The van der Waals surface area contributed by atoms with E-state index in [9.17, 15) is 33.9 Å². The molecule has 0 rings (SSSR count). The third kappa shape index (κ3) is 11.5. The highest BCUT2D eigenvalue weighted by atomic mass is 32.1. The quantitative estimate of drug-likeness (QED) is 0.111. The van der Waals surface area contributed by atoms with Gasteiger partial charge in [0.2, 0.25) is 23.6 Å². The lowest BCUT2D eigenvalue weighted by Crippen LogP contribution is -2.59.